The summed E-state index contributed by atoms with van der Waals surface area (Å²) in [6.45, 7) is 1.67. The van der Waals surface area contributed by atoms with Crippen LogP contribution >= 0.6 is 0 Å². The van der Waals surface area contributed by atoms with Crippen molar-refractivity contribution in [3.05, 3.63) is 0 Å². The zero-order valence-corrected chi connectivity index (χ0v) is 15.3. The second-order valence-corrected chi connectivity index (χ2v) is 7.70. The van der Waals surface area contributed by atoms with Gasteiger partial charge >= 0.3 is 5.97 Å². The molecule has 2 saturated carbocycles. The second-order valence-electron chi connectivity index (χ2n) is 7.70. The maximum atomic E-state index is 12.4. The van der Waals surface area contributed by atoms with E-state index in [-0.39, 0.29) is 17.9 Å². The Kier molecular flexibility index (Phi) is 7.72. The standard InChI is InChI=1S/C19H32N2O4/c1-13(20-17(22)12-14-8-4-2-5-9-14)18(23)21-16-11-7-3-6-10-15(16)19(24)25/h13-16H,2-12H2,1H3,(H,20,22)(H,21,23)(H,24,25)/t13?,15-,16+/m1/s1. The number of carboxylic acid groups (broad SMARTS) is 1. The predicted octanol–water partition coefficient (Wildman–Crippen LogP) is 2.61. The van der Waals surface area contributed by atoms with E-state index >= 15 is 0 Å². The van der Waals surface area contributed by atoms with E-state index in [4.69, 9.17) is 0 Å². The maximum Gasteiger partial charge on any atom is 0.308 e. The number of carbonyl (C=O) groups is 3. The van der Waals surface area contributed by atoms with E-state index < -0.39 is 17.9 Å². The molecule has 0 aromatic heterocycles. The van der Waals surface area contributed by atoms with Gasteiger partial charge in [-0.3, -0.25) is 14.4 Å². The molecule has 0 heterocycles. The predicted molar refractivity (Wildman–Crippen MR) is 94.9 cm³/mol. The Bertz CT molecular complexity index is 474. The van der Waals surface area contributed by atoms with Crippen molar-refractivity contribution in [3.63, 3.8) is 0 Å². The fraction of sp³-hybridized carbons (Fsp3) is 0.842. The average Bonchev–Trinajstić information content (AvgIpc) is 2.81. The van der Waals surface area contributed by atoms with Crippen LogP contribution in [0.5, 0.6) is 0 Å². The van der Waals surface area contributed by atoms with Crippen LogP contribution < -0.4 is 10.6 Å². The summed E-state index contributed by atoms with van der Waals surface area (Å²) in [4.78, 5) is 36.0. The van der Waals surface area contributed by atoms with Crippen molar-refractivity contribution in [2.75, 3.05) is 0 Å². The molecule has 6 heteroatoms. The number of rotatable bonds is 6. The first-order valence-electron chi connectivity index (χ1n) is 9.80. The Morgan fingerprint density at radius 3 is 2.20 bits per heavy atom. The maximum absolute atomic E-state index is 12.4. The molecule has 2 rings (SSSR count). The van der Waals surface area contributed by atoms with Gasteiger partial charge in [-0.15, -0.1) is 0 Å². The molecule has 142 valence electrons. The van der Waals surface area contributed by atoms with Gasteiger partial charge in [-0.1, -0.05) is 38.5 Å². The molecular weight excluding hydrogens is 320 g/mol. The molecule has 0 aromatic rings. The summed E-state index contributed by atoms with van der Waals surface area (Å²) in [6, 6.07) is -0.973. The Hall–Kier alpha value is -1.59. The summed E-state index contributed by atoms with van der Waals surface area (Å²) >= 11 is 0. The van der Waals surface area contributed by atoms with Gasteiger partial charge in [-0.25, -0.2) is 0 Å². The Balaban J connectivity index is 1.81. The largest absolute Gasteiger partial charge is 0.481 e. The lowest BCUT2D eigenvalue weighted by Crippen LogP contribution is -2.51. The summed E-state index contributed by atoms with van der Waals surface area (Å²) in [6.07, 6.45) is 10.4. The lowest BCUT2D eigenvalue weighted by molar-refractivity contribution is -0.143. The van der Waals surface area contributed by atoms with Crippen molar-refractivity contribution >= 4 is 17.8 Å². The van der Waals surface area contributed by atoms with Gasteiger partial charge in [0.15, 0.2) is 0 Å². The third-order valence-electron chi connectivity index (χ3n) is 5.63. The van der Waals surface area contributed by atoms with Crippen molar-refractivity contribution in [1.82, 2.24) is 10.6 Å². The van der Waals surface area contributed by atoms with E-state index in [9.17, 15) is 19.5 Å². The highest BCUT2D eigenvalue weighted by atomic mass is 16.4. The summed E-state index contributed by atoms with van der Waals surface area (Å²) < 4.78 is 0. The molecule has 0 saturated heterocycles. The third-order valence-corrected chi connectivity index (χ3v) is 5.63. The van der Waals surface area contributed by atoms with Crippen LogP contribution in [-0.4, -0.2) is 35.0 Å². The molecule has 6 nitrogen and oxygen atoms in total. The molecule has 0 aliphatic heterocycles. The molecule has 0 radical (unpaired) electrons. The molecule has 2 amide bonds. The normalized spacial score (nSPS) is 26.3. The van der Waals surface area contributed by atoms with Gasteiger partial charge in [-0.2, -0.15) is 0 Å². The van der Waals surface area contributed by atoms with Crippen LogP contribution in [0, 0.1) is 11.8 Å². The lowest BCUT2D eigenvalue weighted by atomic mass is 9.87. The molecule has 3 atom stereocenters. The minimum absolute atomic E-state index is 0.0785. The molecule has 0 aromatic carbocycles. The smallest absolute Gasteiger partial charge is 0.308 e. The number of aliphatic carboxylic acids is 1. The summed E-state index contributed by atoms with van der Waals surface area (Å²) in [5, 5.41) is 15.0. The van der Waals surface area contributed by atoms with Crippen LogP contribution in [0.25, 0.3) is 0 Å². The highest BCUT2D eigenvalue weighted by molar-refractivity contribution is 5.87. The van der Waals surface area contributed by atoms with E-state index in [0.717, 1.165) is 32.1 Å². The summed E-state index contributed by atoms with van der Waals surface area (Å²) in [5.74, 6) is -1.31. The van der Waals surface area contributed by atoms with E-state index in [1.807, 2.05) is 0 Å². The second kappa shape index (κ2) is 9.78. The Morgan fingerprint density at radius 2 is 1.56 bits per heavy atom. The molecule has 1 unspecified atom stereocenters. The first kappa shape index (κ1) is 19.7. The van der Waals surface area contributed by atoms with Gasteiger partial charge in [0.1, 0.15) is 6.04 Å². The SMILES string of the molecule is CC(NC(=O)CC1CCCCC1)C(=O)N[C@H]1CCCCC[C@H]1C(=O)O. The first-order chi connectivity index (χ1) is 12.0. The van der Waals surface area contributed by atoms with Crippen molar-refractivity contribution in [2.45, 2.75) is 89.6 Å². The van der Waals surface area contributed by atoms with Gasteiger partial charge in [0, 0.05) is 12.5 Å². The monoisotopic (exact) mass is 352 g/mol. The summed E-state index contributed by atoms with van der Waals surface area (Å²) in [7, 11) is 0. The van der Waals surface area contributed by atoms with Crippen molar-refractivity contribution < 1.29 is 19.5 Å². The van der Waals surface area contributed by atoms with Crippen LogP contribution in [0.1, 0.15) is 77.6 Å². The molecule has 0 spiro atoms. The lowest BCUT2D eigenvalue weighted by Gasteiger charge is -2.25. The molecule has 2 fully saturated rings. The van der Waals surface area contributed by atoms with Crippen LogP contribution in [-0.2, 0) is 14.4 Å². The molecular formula is C19H32N2O4. The van der Waals surface area contributed by atoms with Crippen LogP contribution in [0.2, 0.25) is 0 Å². The minimum atomic E-state index is -0.846. The number of carbonyl (C=O) groups excluding carboxylic acids is 2. The van der Waals surface area contributed by atoms with Gasteiger partial charge in [0.25, 0.3) is 0 Å². The van der Waals surface area contributed by atoms with Gasteiger partial charge in [0.05, 0.1) is 5.92 Å². The highest BCUT2D eigenvalue weighted by Gasteiger charge is 2.31. The number of hydrogen-bond acceptors (Lipinski definition) is 3. The minimum Gasteiger partial charge on any atom is -0.481 e. The quantitative estimate of drug-likeness (QED) is 0.640. The average molecular weight is 352 g/mol. The van der Waals surface area contributed by atoms with Crippen molar-refractivity contribution in [2.24, 2.45) is 11.8 Å². The molecule has 25 heavy (non-hydrogen) atoms. The number of nitrogens with one attached hydrogen (secondary N) is 2. The Morgan fingerprint density at radius 1 is 0.960 bits per heavy atom. The van der Waals surface area contributed by atoms with Crippen molar-refractivity contribution in [3.8, 4) is 0 Å². The van der Waals surface area contributed by atoms with Crippen molar-refractivity contribution in [1.29, 1.82) is 0 Å². The molecule has 0 bridgehead atoms. The molecule has 2 aliphatic carbocycles. The molecule has 3 N–H and O–H groups in total. The number of carboxylic acids is 1. The third kappa shape index (κ3) is 6.33. The van der Waals surface area contributed by atoms with E-state index in [0.29, 0.717) is 25.2 Å². The first-order valence-corrected chi connectivity index (χ1v) is 9.80. The van der Waals surface area contributed by atoms with Gasteiger partial charge in [0.2, 0.25) is 11.8 Å². The van der Waals surface area contributed by atoms with Crippen LogP contribution in [0.15, 0.2) is 0 Å². The zero-order chi connectivity index (χ0) is 18.2. The van der Waals surface area contributed by atoms with E-state index in [1.165, 1.54) is 19.3 Å². The Labute approximate surface area is 150 Å². The molecule has 2 aliphatic rings. The van der Waals surface area contributed by atoms with E-state index in [2.05, 4.69) is 10.6 Å². The number of hydrogen-bond donors (Lipinski definition) is 3. The van der Waals surface area contributed by atoms with Gasteiger partial charge < -0.3 is 15.7 Å². The topological polar surface area (TPSA) is 95.5 Å². The fourth-order valence-electron chi connectivity index (χ4n) is 4.10. The zero-order valence-electron chi connectivity index (χ0n) is 15.3. The fourth-order valence-corrected chi connectivity index (χ4v) is 4.10. The highest BCUT2D eigenvalue weighted by Crippen LogP contribution is 2.26. The number of amides is 2. The van der Waals surface area contributed by atoms with Crippen LogP contribution in [0.3, 0.4) is 0 Å². The van der Waals surface area contributed by atoms with E-state index in [1.54, 1.807) is 6.92 Å². The van der Waals surface area contributed by atoms with Gasteiger partial charge in [-0.05, 0) is 38.5 Å². The van der Waals surface area contributed by atoms with Crippen LogP contribution in [0.4, 0.5) is 0 Å². The summed E-state index contributed by atoms with van der Waals surface area (Å²) in [5.41, 5.74) is 0.